The average molecular weight is 388 g/mol. The van der Waals surface area contributed by atoms with Crippen LogP contribution in [0.2, 0.25) is 0 Å². The second kappa shape index (κ2) is 5.36. The van der Waals surface area contributed by atoms with Gasteiger partial charge in [0.1, 0.15) is 18.3 Å². The van der Waals surface area contributed by atoms with E-state index in [2.05, 4.69) is 22.6 Å². The molecule has 1 unspecified atom stereocenters. The van der Waals surface area contributed by atoms with Crippen LogP contribution in [0.5, 0.6) is 0 Å². The lowest BCUT2D eigenvalue weighted by Gasteiger charge is -2.23. The van der Waals surface area contributed by atoms with Gasteiger partial charge in [-0.05, 0) is 13.8 Å². The van der Waals surface area contributed by atoms with E-state index in [1.165, 1.54) is 0 Å². The lowest BCUT2D eigenvalue weighted by Crippen LogP contribution is -2.35. The summed E-state index contributed by atoms with van der Waals surface area (Å²) in [6.07, 6.45) is -1.17. The van der Waals surface area contributed by atoms with Crippen molar-refractivity contribution in [2.24, 2.45) is 0 Å². The summed E-state index contributed by atoms with van der Waals surface area (Å²) in [6, 6.07) is 9.20. The lowest BCUT2D eigenvalue weighted by molar-refractivity contribution is -0.179. The van der Waals surface area contributed by atoms with E-state index >= 15 is 0 Å². The summed E-state index contributed by atoms with van der Waals surface area (Å²) < 4.78 is 18.4. The van der Waals surface area contributed by atoms with E-state index in [1.54, 1.807) is 12.1 Å². The van der Waals surface area contributed by atoms with Crippen molar-refractivity contribution < 1.29 is 19.0 Å². The third kappa shape index (κ3) is 2.52. The highest BCUT2D eigenvalue weighted by atomic mass is 127. The maximum Gasteiger partial charge on any atom is 0.194 e. The summed E-state index contributed by atoms with van der Waals surface area (Å²) in [5.41, 5.74) is 0.652. The molecule has 108 valence electrons. The van der Waals surface area contributed by atoms with Crippen LogP contribution in [-0.4, -0.2) is 40.4 Å². The van der Waals surface area contributed by atoms with Crippen LogP contribution in [0, 0.1) is 0 Å². The van der Waals surface area contributed by atoms with Gasteiger partial charge in [-0.1, -0.05) is 52.9 Å². The van der Waals surface area contributed by atoms with E-state index < -0.39 is 11.9 Å². The van der Waals surface area contributed by atoms with E-state index in [9.17, 15) is 4.79 Å². The molecule has 1 aromatic carbocycles. The van der Waals surface area contributed by atoms with Gasteiger partial charge in [0.2, 0.25) is 0 Å². The SMILES string of the molecule is CC1(C)OC2[C@H](C(=O)c3ccccc3)O[C@H](CI)[C@H]2O1. The Morgan fingerprint density at radius 1 is 1.20 bits per heavy atom. The molecule has 0 N–H and O–H groups in total. The number of hydrogen-bond acceptors (Lipinski definition) is 4. The minimum Gasteiger partial charge on any atom is -0.360 e. The quantitative estimate of drug-likeness (QED) is 0.454. The van der Waals surface area contributed by atoms with Crippen molar-refractivity contribution in [3.63, 3.8) is 0 Å². The van der Waals surface area contributed by atoms with Crippen molar-refractivity contribution in [1.82, 2.24) is 0 Å². The van der Waals surface area contributed by atoms with Crippen LogP contribution in [-0.2, 0) is 14.2 Å². The molecule has 3 rings (SSSR count). The molecule has 0 bridgehead atoms. The normalized spacial score (nSPS) is 35.0. The number of Topliss-reactive ketones (excluding diaryl/α,β-unsaturated/α-hetero) is 1. The number of carbonyl (C=O) groups is 1. The number of hydrogen-bond donors (Lipinski definition) is 0. The second-order valence-corrected chi connectivity index (χ2v) is 6.43. The van der Waals surface area contributed by atoms with Crippen molar-refractivity contribution in [2.45, 2.75) is 44.1 Å². The predicted molar refractivity (Wildman–Crippen MR) is 82.1 cm³/mol. The molecule has 2 saturated heterocycles. The molecule has 0 amide bonds. The van der Waals surface area contributed by atoms with Crippen LogP contribution in [0.25, 0.3) is 0 Å². The molecule has 0 aromatic heterocycles. The van der Waals surface area contributed by atoms with E-state index in [-0.39, 0.29) is 24.1 Å². The van der Waals surface area contributed by atoms with Crippen LogP contribution in [0.1, 0.15) is 24.2 Å². The smallest absolute Gasteiger partial charge is 0.194 e. The van der Waals surface area contributed by atoms with E-state index in [4.69, 9.17) is 14.2 Å². The van der Waals surface area contributed by atoms with Gasteiger partial charge in [0.25, 0.3) is 0 Å². The Hall–Kier alpha value is -0.500. The fourth-order valence-corrected chi connectivity index (χ4v) is 3.49. The molecule has 2 aliphatic rings. The second-order valence-electron chi connectivity index (χ2n) is 5.54. The lowest BCUT2D eigenvalue weighted by atomic mass is 10.0. The summed E-state index contributed by atoms with van der Waals surface area (Å²) in [5.74, 6) is -0.687. The average Bonchev–Trinajstić information content (AvgIpc) is 2.92. The van der Waals surface area contributed by atoms with Gasteiger partial charge in [0.15, 0.2) is 11.6 Å². The zero-order chi connectivity index (χ0) is 14.3. The fraction of sp³-hybridized carbons (Fsp3) is 0.533. The standard InChI is InChI=1S/C15H17IO4/c1-15(2)19-12-10(8-16)18-13(14(12)20-15)11(17)9-6-4-3-5-7-9/h3-7,10,12-14H,8H2,1-2H3/t10-,12-,13+,14?/m1/s1. The molecule has 4 atom stereocenters. The number of ketones is 1. The van der Waals surface area contributed by atoms with Gasteiger partial charge in [-0.2, -0.15) is 0 Å². The van der Waals surface area contributed by atoms with E-state index in [1.807, 2.05) is 32.0 Å². The summed E-state index contributed by atoms with van der Waals surface area (Å²) in [7, 11) is 0. The highest BCUT2D eigenvalue weighted by Gasteiger charge is 2.56. The topological polar surface area (TPSA) is 44.8 Å². The van der Waals surface area contributed by atoms with Gasteiger partial charge in [-0.15, -0.1) is 0 Å². The number of alkyl halides is 1. The van der Waals surface area contributed by atoms with Gasteiger partial charge >= 0.3 is 0 Å². The molecule has 0 spiro atoms. The molecule has 0 saturated carbocycles. The number of carbonyl (C=O) groups excluding carboxylic acids is 1. The van der Waals surface area contributed by atoms with Crippen LogP contribution in [0.15, 0.2) is 30.3 Å². The van der Waals surface area contributed by atoms with Crippen molar-refractivity contribution in [2.75, 3.05) is 4.43 Å². The third-order valence-corrected chi connectivity index (χ3v) is 4.49. The van der Waals surface area contributed by atoms with Crippen molar-refractivity contribution in [1.29, 1.82) is 0 Å². The molecular weight excluding hydrogens is 371 g/mol. The van der Waals surface area contributed by atoms with Gasteiger partial charge < -0.3 is 14.2 Å². The van der Waals surface area contributed by atoms with Crippen LogP contribution in [0.3, 0.4) is 0 Å². The molecule has 0 radical (unpaired) electrons. The summed E-state index contributed by atoms with van der Waals surface area (Å²) >= 11 is 2.25. The van der Waals surface area contributed by atoms with Gasteiger partial charge in [-0.25, -0.2) is 0 Å². The van der Waals surface area contributed by atoms with Crippen molar-refractivity contribution in [3.8, 4) is 0 Å². The Bertz CT molecular complexity index is 502. The molecule has 5 heteroatoms. The Morgan fingerprint density at radius 2 is 1.85 bits per heavy atom. The van der Waals surface area contributed by atoms with Crippen LogP contribution >= 0.6 is 22.6 Å². The molecule has 0 aliphatic carbocycles. The summed E-state index contributed by atoms with van der Waals surface area (Å²) in [6.45, 7) is 3.75. The van der Waals surface area contributed by atoms with Gasteiger partial charge in [0, 0.05) is 9.99 Å². The molecule has 1 aromatic rings. The predicted octanol–water partition coefficient (Wildman–Crippen LogP) is 2.59. The number of ether oxygens (including phenoxy) is 3. The zero-order valence-corrected chi connectivity index (χ0v) is 13.6. The maximum atomic E-state index is 12.6. The Morgan fingerprint density at radius 3 is 2.50 bits per heavy atom. The number of benzene rings is 1. The largest absolute Gasteiger partial charge is 0.360 e. The Kier molecular flexibility index (Phi) is 3.87. The van der Waals surface area contributed by atoms with Crippen molar-refractivity contribution >= 4 is 28.4 Å². The first-order valence-electron chi connectivity index (χ1n) is 6.68. The zero-order valence-electron chi connectivity index (χ0n) is 11.4. The minimum absolute atomic E-state index is 0.0331. The van der Waals surface area contributed by atoms with Crippen LogP contribution in [0.4, 0.5) is 0 Å². The minimum atomic E-state index is -0.654. The number of halogens is 1. The molecule has 2 aliphatic heterocycles. The Labute approximate surface area is 131 Å². The maximum absolute atomic E-state index is 12.6. The van der Waals surface area contributed by atoms with E-state index in [0.29, 0.717) is 5.56 Å². The molecular formula is C15H17IO4. The molecule has 2 fully saturated rings. The molecule has 2 heterocycles. The number of rotatable bonds is 3. The highest BCUT2D eigenvalue weighted by Crippen LogP contribution is 2.40. The highest BCUT2D eigenvalue weighted by molar-refractivity contribution is 14.1. The first-order valence-corrected chi connectivity index (χ1v) is 8.21. The molecule has 20 heavy (non-hydrogen) atoms. The number of fused-ring (bicyclic) bond motifs is 1. The summed E-state index contributed by atoms with van der Waals surface area (Å²) in [4.78, 5) is 12.6. The third-order valence-electron chi connectivity index (χ3n) is 3.62. The molecule has 4 nitrogen and oxygen atoms in total. The Balaban J connectivity index is 1.85. The monoisotopic (exact) mass is 388 g/mol. The first kappa shape index (κ1) is 14.4. The van der Waals surface area contributed by atoms with E-state index in [0.717, 1.165) is 4.43 Å². The first-order chi connectivity index (χ1) is 9.52. The van der Waals surface area contributed by atoms with Gasteiger partial charge in [0.05, 0.1) is 6.10 Å². The van der Waals surface area contributed by atoms with Crippen molar-refractivity contribution in [3.05, 3.63) is 35.9 Å². The van der Waals surface area contributed by atoms with Gasteiger partial charge in [-0.3, -0.25) is 4.79 Å². The summed E-state index contributed by atoms with van der Waals surface area (Å²) in [5, 5.41) is 0. The van der Waals surface area contributed by atoms with Crippen LogP contribution < -0.4 is 0 Å². The fourth-order valence-electron chi connectivity index (χ4n) is 2.78.